The first kappa shape index (κ1) is 29.0. The molecule has 0 atom stereocenters. The minimum Gasteiger partial charge on any atom is -0.310 e. The van der Waals surface area contributed by atoms with Crippen LogP contribution in [0.25, 0.3) is 72.0 Å². The second kappa shape index (κ2) is 14.4. The maximum absolute atomic E-state index is 9.91. The van der Waals surface area contributed by atoms with Gasteiger partial charge in [0.05, 0.1) is 16.5 Å². The van der Waals surface area contributed by atoms with Gasteiger partial charge in [0, 0.05) is 33.5 Å². The van der Waals surface area contributed by atoms with Gasteiger partial charge in [-0.2, -0.15) is 0 Å². The minimum absolute atomic E-state index is 0.0118. The van der Waals surface area contributed by atoms with Gasteiger partial charge in [-0.05, 0) is 111 Å². The Balaban J connectivity index is 1.15. The fourth-order valence-electron chi connectivity index (χ4n) is 7.81. The van der Waals surface area contributed by atoms with Crippen molar-refractivity contribution in [2.75, 3.05) is 4.90 Å². The Labute approximate surface area is 333 Å². The lowest BCUT2D eigenvalue weighted by atomic mass is 9.94. The largest absolute Gasteiger partial charge is 0.310 e. The number of hydrogen-bond donors (Lipinski definition) is 0. The molecule has 0 saturated heterocycles. The fourth-order valence-corrected chi connectivity index (χ4v) is 7.81. The minimum atomic E-state index is -0.234. The number of benzene rings is 9. The molecule has 0 aliphatic rings. The second-order valence-corrected chi connectivity index (χ2v) is 13.9. The van der Waals surface area contributed by atoms with Gasteiger partial charge in [-0.1, -0.05) is 164 Å². The highest BCUT2D eigenvalue weighted by atomic mass is 15.1. The van der Waals surface area contributed by atoms with Gasteiger partial charge in [-0.15, -0.1) is 0 Å². The summed E-state index contributed by atoms with van der Waals surface area (Å²) in [6, 6.07) is 69.1. The van der Waals surface area contributed by atoms with Gasteiger partial charge in [-0.3, -0.25) is 0 Å². The van der Waals surface area contributed by atoms with E-state index in [0.29, 0.717) is 11.1 Å². The Morgan fingerprint density at radius 2 is 0.857 bits per heavy atom. The van der Waals surface area contributed by atoms with Crippen molar-refractivity contribution in [3.63, 3.8) is 0 Å². The van der Waals surface area contributed by atoms with E-state index in [1.165, 1.54) is 0 Å². The van der Waals surface area contributed by atoms with E-state index in [-0.39, 0.29) is 29.9 Å². The topological polar surface area (TPSA) is 8.17 Å². The third-order valence-corrected chi connectivity index (χ3v) is 10.5. The Kier molecular flexibility index (Phi) is 7.47. The summed E-state index contributed by atoms with van der Waals surface area (Å²) < 4.78 is 40.0. The molecule has 56 heavy (non-hydrogen) atoms. The molecule has 10 aromatic rings. The van der Waals surface area contributed by atoms with Crippen LogP contribution in [0.15, 0.2) is 230 Å². The van der Waals surface area contributed by atoms with Crippen molar-refractivity contribution in [1.82, 2.24) is 4.57 Å². The summed E-state index contributed by atoms with van der Waals surface area (Å²) in [6.07, 6.45) is 0. The van der Waals surface area contributed by atoms with Crippen LogP contribution in [0.5, 0.6) is 0 Å². The SMILES string of the molecule is [2H]c1c([2H])c(-c2ccc3c(c2)c2ccccc2n3-c2ccccc2)c([2H])c(N(c2ccc(-c3ccccc3)cc2)c2ccc(-c3ccccc3-c3ccccc3)cc2)c1[2H]. The Morgan fingerprint density at radius 3 is 1.54 bits per heavy atom. The van der Waals surface area contributed by atoms with E-state index < -0.39 is 0 Å². The number of para-hydroxylation sites is 2. The smallest absolute Gasteiger partial charge is 0.0651 e. The maximum Gasteiger partial charge on any atom is 0.0651 e. The molecule has 0 bridgehead atoms. The maximum atomic E-state index is 9.91. The monoisotopic (exact) mass is 718 g/mol. The molecule has 0 unspecified atom stereocenters. The molecule has 1 heterocycles. The lowest BCUT2D eigenvalue weighted by Crippen LogP contribution is -2.10. The van der Waals surface area contributed by atoms with Crippen molar-refractivity contribution in [3.05, 3.63) is 230 Å². The molecule has 10 rings (SSSR count). The van der Waals surface area contributed by atoms with Crippen LogP contribution in [0, 0.1) is 0 Å². The number of hydrogen-bond acceptors (Lipinski definition) is 1. The molecule has 0 fully saturated rings. The van der Waals surface area contributed by atoms with Crippen LogP contribution in [0.1, 0.15) is 5.48 Å². The predicted octanol–water partition coefficient (Wildman–Crippen LogP) is 14.9. The summed E-state index contributed by atoms with van der Waals surface area (Å²) in [7, 11) is 0. The molecule has 0 aliphatic carbocycles. The highest BCUT2D eigenvalue weighted by Gasteiger charge is 2.17. The highest BCUT2D eigenvalue weighted by molar-refractivity contribution is 6.10. The van der Waals surface area contributed by atoms with Crippen molar-refractivity contribution in [2.45, 2.75) is 0 Å². The number of fused-ring (bicyclic) bond motifs is 3. The van der Waals surface area contributed by atoms with E-state index in [2.05, 4.69) is 83.4 Å². The Bertz CT molecular complexity index is 3160. The normalized spacial score (nSPS) is 12.2. The van der Waals surface area contributed by atoms with Crippen molar-refractivity contribution in [2.24, 2.45) is 0 Å². The van der Waals surface area contributed by atoms with Crippen molar-refractivity contribution < 1.29 is 5.48 Å². The van der Waals surface area contributed by atoms with Gasteiger partial charge >= 0.3 is 0 Å². The van der Waals surface area contributed by atoms with Crippen molar-refractivity contribution in [3.8, 4) is 50.2 Å². The van der Waals surface area contributed by atoms with Gasteiger partial charge in [0.15, 0.2) is 0 Å². The van der Waals surface area contributed by atoms with Crippen molar-refractivity contribution >= 4 is 38.9 Å². The molecule has 1 aromatic heterocycles. The number of nitrogens with zero attached hydrogens (tertiary/aromatic N) is 2. The molecule has 0 radical (unpaired) electrons. The van der Waals surface area contributed by atoms with Crippen LogP contribution in [0.2, 0.25) is 0 Å². The molecule has 264 valence electrons. The molecule has 2 nitrogen and oxygen atoms in total. The second-order valence-electron chi connectivity index (χ2n) is 13.9. The molecular weight excluding hydrogens is 677 g/mol. The van der Waals surface area contributed by atoms with Crippen molar-refractivity contribution in [1.29, 1.82) is 0 Å². The number of rotatable bonds is 8. The van der Waals surface area contributed by atoms with Crippen LogP contribution in [-0.4, -0.2) is 4.57 Å². The van der Waals surface area contributed by atoms with Gasteiger partial charge in [-0.25, -0.2) is 0 Å². The molecular formula is C54H38N2. The molecule has 9 aromatic carbocycles. The summed E-state index contributed by atoms with van der Waals surface area (Å²) in [4.78, 5) is 1.90. The summed E-state index contributed by atoms with van der Waals surface area (Å²) in [5.74, 6) is 0. The lowest BCUT2D eigenvalue weighted by molar-refractivity contribution is 1.18. The highest BCUT2D eigenvalue weighted by Crippen LogP contribution is 2.41. The molecule has 0 amide bonds. The summed E-state index contributed by atoms with van der Waals surface area (Å²) in [5, 5.41) is 2.03. The number of aromatic nitrogens is 1. The molecule has 0 aliphatic heterocycles. The first-order valence-electron chi connectivity index (χ1n) is 20.9. The van der Waals surface area contributed by atoms with Gasteiger partial charge < -0.3 is 9.47 Å². The van der Waals surface area contributed by atoms with E-state index in [1.54, 1.807) is 0 Å². The van der Waals surface area contributed by atoms with E-state index in [0.717, 1.165) is 72.2 Å². The zero-order valence-corrected chi connectivity index (χ0v) is 30.5. The zero-order chi connectivity index (χ0) is 40.7. The molecule has 0 N–H and O–H groups in total. The lowest BCUT2D eigenvalue weighted by Gasteiger charge is -2.26. The summed E-state index contributed by atoms with van der Waals surface area (Å²) in [6.45, 7) is 0. The average Bonchev–Trinajstić information content (AvgIpc) is 3.64. The van der Waals surface area contributed by atoms with E-state index in [1.807, 2.05) is 132 Å². The first-order valence-corrected chi connectivity index (χ1v) is 18.9. The van der Waals surface area contributed by atoms with Gasteiger partial charge in [0.2, 0.25) is 0 Å². The fraction of sp³-hybridized carbons (Fsp3) is 0. The van der Waals surface area contributed by atoms with Gasteiger partial charge in [0.25, 0.3) is 0 Å². The first-order chi connectivity index (χ1) is 29.5. The molecule has 0 saturated carbocycles. The zero-order valence-electron chi connectivity index (χ0n) is 34.5. The van der Waals surface area contributed by atoms with Crippen LogP contribution in [-0.2, 0) is 0 Å². The molecule has 2 heteroatoms. The molecule has 0 spiro atoms. The third-order valence-electron chi connectivity index (χ3n) is 10.5. The standard InChI is InChI=1S/C54H38N2/c1-4-15-39(16-5-1)40-27-32-46(33-28-40)55(47-34-29-42(30-35-47)50-24-11-10-23-49(50)41-17-6-2-7-18-41)48-22-14-19-43(37-48)44-31-36-54-52(38-44)51-25-12-13-26-53(51)56(54)45-20-8-3-9-21-45/h1-38H/i14D,19D,22D,37D. The van der Waals surface area contributed by atoms with E-state index in [9.17, 15) is 5.48 Å². The van der Waals surface area contributed by atoms with Crippen LogP contribution in [0.3, 0.4) is 0 Å². The van der Waals surface area contributed by atoms with Crippen LogP contribution in [0.4, 0.5) is 17.1 Å². The predicted molar refractivity (Wildman–Crippen MR) is 237 cm³/mol. The van der Waals surface area contributed by atoms with E-state index in [4.69, 9.17) is 0 Å². The summed E-state index contributed by atoms with van der Waals surface area (Å²) in [5.41, 5.74) is 12.2. The quantitative estimate of drug-likeness (QED) is 0.152. The number of anilines is 3. The Hall–Kier alpha value is -7.42. The Morgan fingerprint density at radius 1 is 0.357 bits per heavy atom. The summed E-state index contributed by atoms with van der Waals surface area (Å²) >= 11 is 0. The van der Waals surface area contributed by atoms with Crippen LogP contribution >= 0.6 is 0 Å². The van der Waals surface area contributed by atoms with E-state index >= 15 is 0 Å². The average molecular weight is 719 g/mol. The third kappa shape index (κ3) is 6.14. The van der Waals surface area contributed by atoms with Crippen LogP contribution < -0.4 is 4.90 Å². The van der Waals surface area contributed by atoms with Gasteiger partial charge in [0.1, 0.15) is 0 Å².